The van der Waals surface area contributed by atoms with Gasteiger partial charge in [0.1, 0.15) is 6.61 Å². The van der Waals surface area contributed by atoms with Crippen LogP contribution in [-0.2, 0) is 32.7 Å². The average Bonchev–Trinajstić information content (AvgIpc) is 3.44. The van der Waals surface area contributed by atoms with Crippen molar-refractivity contribution in [3.05, 3.63) is 134 Å². The van der Waals surface area contributed by atoms with Crippen LogP contribution in [0.5, 0.6) is 0 Å². The summed E-state index contributed by atoms with van der Waals surface area (Å²) in [6.45, 7) is 3.50. The predicted octanol–water partition coefficient (Wildman–Crippen LogP) is 20.5. The molecule has 0 aliphatic rings. The van der Waals surface area contributed by atoms with Crippen molar-refractivity contribution in [3.8, 4) is 0 Å². The number of ether oxygens (including phenoxy) is 2. The Balaban J connectivity index is 3.98. The lowest BCUT2D eigenvalue weighted by molar-refractivity contribution is -0.161. The molecule has 10 heteroatoms. The number of esters is 2. The van der Waals surface area contributed by atoms with Crippen molar-refractivity contribution >= 4 is 19.8 Å². The molecule has 0 aromatic rings. The summed E-state index contributed by atoms with van der Waals surface area (Å²) in [7, 11) is -4.41. The van der Waals surface area contributed by atoms with Gasteiger partial charge in [-0.05, 0) is 109 Å². The number of phosphoric acid groups is 1. The largest absolute Gasteiger partial charge is 0.472 e. The van der Waals surface area contributed by atoms with Gasteiger partial charge in [0.2, 0.25) is 0 Å². The highest BCUT2D eigenvalue weighted by Gasteiger charge is 2.26. The van der Waals surface area contributed by atoms with Gasteiger partial charge in [0, 0.05) is 19.4 Å². The molecule has 0 aromatic carbocycles. The smallest absolute Gasteiger partial charge is 0.462 e. The van der Waals surface area contributed by atoms with Crippen molar-refractivity contribution in [2.24, 2.45) is 5.73 Å². The zero-order valence-electron chi connectivity index (χ0n) is 50.3. The number of phosphoric ester groups is 1. The van der Waals surface area contributed by atoms with Crippen molar-refractivity contribution in [1.82, 2.24) is 0 Å². The molecule has 0 saturated carbocycles. The lowest BCUT2D eigenvalue weighted by atomic mass is 10.0. The van der Waals surface area contributed by atoms with E-state index in [1.807, 2.05) is 0 Å². The van der Waals surface area contributed by atoms with Gasteiger partial charge in [-0.2, -0.15) is 0 Å². The summed E-state index contributed by atoms with van der Waals surface area (Å²) < 4.78 is 33.1. The van der Waals surface area contributed by atoms with Gasteiger partial charge in [-0.1, -0.05) is 270 Å². The van der Waals surface area contributed by atoms with E-state index in [1.165, 1.54) is 103 Å². The summed E-state index contributed by atoms with van der Waals surface area (Å²) in [5, 5.41) is 0. The number of hydrogen-bond acceptors (Lipinski definition) is 8. The number of rotatable bonds is 58. The molecule has 0 heterocycles. The van der Waals surface area contributed by atoms with Gasteiger partial charge in [0.25, 0.3) is 0 Å². The number of nitrogens with two attached hydrogens (primary N) is 1. The third-order valence-corrected chi connectivity index (χ3v) is 14.0. The maximum atomic E-state index is 12.7. The van der Waals surface area contributed by atoms with Crippen LogP contribution in [0.1, 0.15) is 258 Å². The van der Waals surface area contributed by atoms with Gasteiger partial charge in [-0.15, -0.1) is 0 Å². The Bertz CT molecular complexity index is 1750. The highest BCUT2D eigenvalue weighted by atomic mass is 31.2. The summed E-state index contributed by atoms with van der Waals surface area (Å²) in [5.41, 5.74) is 5.39. The monoisotopic (exact) mass is 1120 g/mol. The Kier molecular flexibility index (Phi) is 60.2. The molecule has 0 fully saturated rings. The van der Waals surface area contributed by atoms with Crippen molar-refractivity contribution < 1.29 is 37.6 Å². The van der Waals surface area contributed by atoms with Gasteiger partial charge in [0.05, 0.1) is 13.2 Å². The van der Waals surface area contributed by atoms with Crippen LogP contribution in [0.15, 0.2) is 134 Å². The standard InChI is InChI=1S/C69H116NO8P/c1-3-5-7-9-11-13-15-17-19-21-23-25-27-29-31-32-33-34-36-37-39-41-43-45-47-49-51-53-55-57-59-61-68(71)75-65-67(66-77-79(73,74)76-64-63-70)78-69(72)62-60-58-56-54-52-50-48-46-44-42-40-38-35-30-28-26-24-22-20-18-16-14-12-10-8-6-4-2/h5-8,11-14,17-20,23-26,30,35,40,42,46,48,67H,3-4,9-10,15-16,21-22,27-29,31-34,36-39,41,43-45,47,49-66,70H2,1-2H3,(H,73,74)/b7-5-,8-6-,13-11-,14-12-,19-17-,20-18-,25-23-,26-24-,35-30-,42-40-,48-46-. The molecule has 450 valence electrons. The van der Waals surface area contributed by atoms with Gasteiger partial charge in [-0.25, -0.2) is 4.57 Å². The normalized spacial score (nSPS) is 13.9. The maximum absolute atomic E-state index is 12.7. The first kappa shape index (κ1) is 75.2. The quantitative estimate of drug-likeness (QED) is 0.0264. The Morgan fingerprint density at radius 2 is 0.658 bits per heavy atom. The van der Waals surface area contributed by atoms with Crippen molar-refractivity contribution in [2.45, 2.75) is 264 Å². The van der Waals surface area contributed by atoms with Crippen LogP contribution in [0, 0.1) is 0 Å². The van der Waals surface area contributed by atoms with Crippen LogP contribution < -0.4 is 5.73 Å². The molecule has 79 heavy (non-hydrogen) atoms. The zero-order chi connectivity index (χ0) is 57.3. The molecule has 0 rings (SSSR count). The summed E-state index contributed by atoms with van der Waals surface area (Å²) in [6.07, 6.45) is 89.5. The van der Waals surface area contributed by atoms with Crippen LogP contribution in [-0.4, -0.2) is 49.3 Å². The summed E-state index contributed by atoms with van der Waals surface area (Å²) in [5.74, 6) is -0.852. The van der Waals surface area contributed by atoms with Crippen LogP contribution >= 0.6 is 7.82 Å². The minimum Gasteiger partial charge on any atom is -0.462 e. The van der Waals surface area contributed by atoms with Crippen molar-refractivity contribution in [3.63, 3.8) is 0 Å². The highest BCUT2D eigenvalue weighted by molar-refractivity contribution is 7.47. The molecule has 3 N–H and O–H groups in total. The Hall–Kier alpha value is -3.85. The molecule has 0 aromatic heterocycles. The molecule has 2 unspecified atom stereocenters. The Morgan fingerprint density at radius 3 is 0.975 bits per heavy atom. The second-order valence-electron chi connectivity index (χ2n) is 20.5. The average molecular weight is 1120 g/mol. The van der Waals surface area contributed by atoms with E-state index in [1.54, 1.807) is 0 Å². The first-order valence-electron chi connectivity index (χ1n) is 31.7. The van der Waals surface area contributed by atoms with E-state index in [9.17, 15) is 19.0 Å². The molecule has 2 atom stereocenters. The minimum atomic E-state index is -4.41. The SMILES string of the molecule is CC/C=C\C/C=C\C/C=C\C/C=C\C/C=C\C/C=C\C/C=C\CCCCCCCC(=O)OC(COC(=O)CCCCCCCCCCCCCCCCCCCC/C=C\C/C=C\C/C=C\C/C=C\CC)COP(=O)(O)OCCN. The van der Waals surface area contributed by atoms with Crippen molar-refractivity contribution in [1.29, 1.82) is 0 Å². The molecule has 0 aliphatic carbocycles. The van der Waals surface area contributed by atoms with E-state index in [0.29, 0.717) is 6.42 Å². The molecule has 0 spiro atoms. The van der Waals surface area contributed by atoms with E-state index < -0.39 is 26.5 Å². The van der Waals surface area contributed by atoms with Crippen molar-refractivity contribution in [2.75, 3.05) is 26.4 Å². The topological polar surface area (TPSA) is 134 Å². The molecule has 0 amide bonds. The molecule has 0 bridgehead atoms. The third-order valence-electron chi connectivity index (χ3n) is 13.0. The molecule has 0 saturated heterocycles. The number of carbonyl (C=O) groups is 2. The fraction of sp³-hybridized carbons (Fsp3) is 0.652. The van der Waals surface area contributed by atoms with E-state index in [2.05, 4.69) is 148 Å². The second-order valence-corrected chi connectivity index (χ2v) is 22.0. The van der Waals surface area contributed by atoms with Crippen LogP contribution in [0.3, 0.4) is 0 Å². The first-order chi connectivity index (χ1) is 38.8. The Labute approximate surface area is 484 Å². The second kappa shape index (κ2) is 63.3. The fourth-order valence-corrected chi connectivity index (χ4v) is 9.20. The van der Waals surface area contributed by atoms with E-state index in [0.717, 1.165) is 122 Å². The fourth-order valence-electron chi connectivity index (χ4n) is 8.43. The van der Waals surface area contributed by atoms with Crippen LogP contribution in [0.2, 0.25) is 0 Å². The molecule has 9 nitrogen and oxygen atoms in total. The van der Waals surface area contributed by atoms with E-state index in [-0.39, 0.29) is 38.6 Å². The number of carbonyl (C=O) groups excluding carboxylic acids is 2. The molecular weight excluding hydrogens is 1000 g/mol. The van der Waals surface area contributed by atoms with Crippen LogP contribution in [0.25, 0.3) is 0 Å². The van der Waals surface area contributed by atoms with Gasteiger partial charge < -0.3 is 20.1 Å². The summed E-state index contributed by atoms with van der Waals surface area (Å²) >= 11 is 0. The van der Waals surface area contributed by atoms with Gasteiger partial charge in [0.15, 0.2) is 6.10 Å². The highest BCUT2D eigenvalue weighted by Crippen LogP contribution is 2.43. The van der Waals surface area contributed by atoms with E-state index >= 15 is 0 Å². The van der Waals surface area contributed by atoms with Crippen LogP contribution in [0.4, 0.5) is 0 Å². The number of unbranched alkanes of at least 4 members (excludes halogenated alkanes) is 23. The summed E-state index contributed by atoms with van der Waals surface area (Å²) in [6, 6.07) is 0. The van der Waals surface area contributed by atoms with Gasteiger partial charge >= 0.3 is 19.8 Å². The summed E-state index contributed by atoms with van der Waals surface area (Å²) in [4.78, 5) is 35.3. The lowest BCUT2D eigenvalue weighted by Crippen LogP contribution is -2.29. The maximum Gasteiger partial charge on any atom is 0.472 e. The lowest BCUT2D eigenvalue weighted by Gasteiger charge is -2.19. The van der Waals surface area contributed by atoms with E-state index in [4.69, 9.17) is 24.3 Å². The Morgan fingerprint density at radius 1 is 0.380 bits per heavy atom. The molecule has 0 radical (unpaired) electrons. The molecule has 0 aliphatic heterocycles. The first-order valence-corrected chi connectivity index (χ1v) is 33.2. The zero-order valence-corrected chi connectivity index (χ0v) is 51.2. The minimum absolute atomic E-state index is 0.0439. The third kappa shape index (κ3) is 63.2. The van der Waals surface area contributed by atoms with Gasteiger partial charge in [-0.3, -0.25) is 18.6 Å². The molecular formula is C69H116NO8P. The number of allylic oxidation sites excluding steroid dienone is 22. The number of hydrogen-bond donors (Lipinski definition) is 2. The predicted molar refractivity (Wildman–Crippen MR) is 339 cm³/mol.